The van der Waals surface area contributed by atoms with Crippen LogP contribution in [-0.2, 0) is 14.8 Å². The van der Waals surface area contributed by atoms with Gasteiger partial charge in [-0.1, -0.05) is 60.7 Å². The van der Waals surface area contributed by atoms with Crippen LogP contribution in [0.25, 0.3) is 0 Å². The largest absolute Gasteiger partial charge is 0.344 e. The number of amides is 1. The number of hydrogen-bond acceptors (Lipinski definition) is 4. The lowest BCUT2D eigenvalue weighted by molar-refractivity contribution is -0.121. The van der Waals surface area contributed by atoms with E-state index in [1.165, 1.54) is 18.8 Å². The third-order valence-electron chi connectivity index (χ3n) is 4.71. The van der Waals surface area contributed by atoms with E-state index in [4.69, 9.17) is 0 Å². The molecule has 0 aromatic heterocycles. The molecule has 0 aliphatic rings. The smallest absolute Gasteiger partial charge is 0.243 e. The highest BCUT2D eigenvalue weighted by Gasteiger charge is 2.24. The van der Waals surface area contributed by atoms with Gasteiger partial charge in [0.25, 0.3) is 0 Å². The van der Waals surface area contributed by atoms with Crippen LogP contribution in [-0.4, -0.2) is 38.5 Å². The number of nitrogens with zero attached hydrogens (tertiary/aromatic N) is 1. The van der Waals surface area contributed by atoms with Crippen molar-refractivity contribution in [2.45, 2.75) is 15.8 Å². The summed E-state index contributed by atoms with van der Waals surface area (Å²) in [6.45, 7) is -0.275. The minimum absolute atomic E-state index is 0.165. The number of carbonyl (C=O) groups is 1. The maximum Gasteiger partial charge on any atom is 0.243 e. The molecule has 0 radical (unpaired) electrons. The molecule has 0 spiro atoms. The van der Waals surface area contributed by atoms with Crippen LogP contribution >= 0.6 is 11.8 Å². The zero-order valence-electron chi connectivity index (χ0n) is 16.9. The molecule has 1 N–H and O–H groups in total. The van der Waals surface area contributed by atoms with E-state index >= 15 is 0 Å². The van der Waals surface area contributed by atoms with Crippen LogP contribution in [0.5, 0.6) is 0 Å². The van der Waals surface area contributed by atoms with Crippen LogP contribution in [0.15, 0.2) is 94.7 Å². The van der Waals surface area contributed by atoms with Gasteiger partial charge in [-0.2, -0.15) is 4.31 Å². The highest BCUT2D eigenvalue weighted by atomic mass is 32.2. The Hall–Kier alpha value is -2.61. The molecule has 0 heterocycles. The molecule has 3 rings (SSSR count). The lowest BCUT2D eigenvalue weighted by Gasteiger charge is -2.22. The van der Waals surface area contributed by atoms with Gasteiger partial charge in [0.2, 0.25) is 15.9 Å². The first-order chi connectivity index (χ1) is 14.4. The number of carbonyl (C=O) groups excluding carboxylic acids is 1. The van der Waals surface area contributed by atoms with Crippen molar-refractivity contribution in [3.05, 3.63) is 96.1 Å². The summed E-state index contributed by atoms with van der Waals surface area (Å²) in [7, 11) is -2.35. The SMILES string of the molecule is CSc1ccc(S(=O)(=O)N(C)CC(=O)NC(c2ccccc2)c2ccccc2)cc1. The quantitative estimate of drug-likeness (QED) is 0.539. The number of hydrogen-bond donors (Lipinski definition) is 1. The van der Waals surface area contributed by atoms with E-state index in [1.807, 2.05) is 66.9 Å². The number of thioether (sulfide) groups is 1. The fourth-order valence-corrected chi connectivity index (χ4v) is 4.61. The van der Waals surface area contributed by atoms with Gasteiger partial charge in [0.15, 0.2) is 0 Å². The fourth-order valence-electron chi connectivity index (χ4n) is 3.07. The van der Waals surface area contributed by atoms with Gasteiger partial charge in [-0.15, -0.1) is 11.8 Å². The Labute approximate surface area is 182 Å². The molecule has 0 fully saturated rings. The third kappa shape index (κ3) is 5.30. The molecule has 0 bridgehead atoms. The Morgan fingerprint density at radius 3 is 1.87 bits per heavy atom. The summed E-state index contributed by atoms with van der Waals surface area (Å²) in [6.07, 6.45) is 1.93. The number of nitrogens with one attached hydrogen (secondary N) is 1. The Bertz CT molecular complexity index is 1030. The lowest BCUT2D eigenvalue weighted by atomic mass is 9.99. The zero-order valence-corrected chi connectivity index (χ0v) is 18.5. The summed E-state index contributed by atoms with van der Waals surface area (Å²) in [4.78, 5) is 13.9. The molecular weight excluding hydrogens is 416 g/mol. The maximum absolute atomic E-state index is 12.8. The molecule has 30 heavy (non-hydrogen) atoms. The number of sulfonamides is 1. The number of likely N-dealkylation sites (N-methyl/N-ethyl adjacent to an activating group) is 1. The maximum atomic E-state index is 12.8. The standard InChI is InChI=1S/C23H24N2O3S2/c1-25(30(27,28)21-15-13-20(29-2)14-16-21)17-22(26)24-23(18-9-5-3-6-10-18)19-11-7-4-8-12-19/h3-16,23H,17H2,1-2H3,(H,24,26). The average molecular weight is 441 g/mol. The summed E-state index contributed by atoms with van der Waals surface area (Å²) < 4.78 is 26.7. The topological polar surface area (TPSA) is 66.5 Å². The van der Waals surface area contributed by atoms with Crippen LogP contribution in [0.4, 0.5) is 0 Å². The van der Waals surface area contributed by atoms with Crippen molar-refractivity contribution in [2.24, 2.45) is 0 Å². The third-order valence-corrected chi connectivity index (χ3v) is 7.27. The monoisotopic (exact) mass is 440 g/mol. The Balaban J connectivity index is 1.76. The molecule has 3 aromatic rings. The average Bonchev–Trinajstić information content (AvgIpc) is 2.78. The summed E-state index contributed by atoms with van der Waals surface area (Å²) in [6, 6.07) is 25.5. The van der Waals surface area contributed by atoms with E-state index in [2.05, 4.69) is 5.32 Å². The van der Waals surface area contributed by atoms with Gasteiger partial charge in [-0.25, -0.2) is 8.42 Å². The van der Waals surface area contributed by atoms with Crippen LogP contribution < -0.4 is 5.32 Å². The molecule has 3 aromatic carbocycles. The van der Waals surface area contributed by atoms with Gasteiger partial charge in [-0.05, 0) is 41.6 Å². The second-order valence-corrected chi connectivity index (χ2v) is 9.68. The predicted octanol–water partition coefficient (Wildman–Crippen LogP) is 3.93. The molecule has 5 nitrogen and oxygen atoms in total. The van der Waals surface area contributed by atoms with E-state index in [9.17, 15) is 13.2 Å². The molecule has 0 atom stereocenters. The van der Waals surface area contributed by atoms with Gasteiger partial charge in [0.05, 0.1) is 17.5 Å². The van der Waals surface area contributed by atoms with Crippen molar-refractivity contribution in [3.63, 3.8) is 0 Å². The highest BCUT2D eigenvalue weighted by molar-refractivity contribution is 7.98. The number of benzene rings is 3. The van der Waals surface area contributed by atoms with E-state index in [1.54, 1.807) is 24.3 Å². The van der Waals surface area contributed by atoms with Crippen LogP contribution in [0.2, 0.25) is 0 Å². The van der Waals surface area contributed by atoms with Gasteiger partial charge >= 0.3 is 0 Å². The van der Waals surface area contributed by atoms with E-state index in [0.29, 0.717) is 0 Å². The van der Waals surface area contributed by atoms with Crippen LogP contribution in [0, 0.1) is 0 Å². The Morgan fingerprint density at radius 1 is 0.900 bits per heavy atom. The van der Waals surface area contributed by atoms with Crippen molar-refractivity contribution >= 4 is 27.7 Å². The second-order valence-electron chi connectivity index (χ2n) is 6.76. The molecule has 0 unspecified atom stereocenters. The van der Waals surface area contributed by atoms with E-state index in [-0.39, 0.29) is 23.4 Å². The van der Waals surface area contributed by atoms with Crippen molar-refractivity contribution < 1.29 is 13.2 Å². The molecule has 1 amide bonds. The Kier molecular flexibility index (Phi) is 7.31. The van der Waals surface area contributed by atoms with Crippen molar-refractivity contribution in [1.82, 2.24) is 9.62 Å². The minimum Gasteiger partial charge on any atom is -0.344 e. The molecule has 0 saturated carbocycles. The molecule has 0 aliphatic carbocycles. The predicted molar refractivity (Wildman–Crippen MR) is 121 cm³/mol. The molecule has 0 saturated heterocycles. The normalized spacial score (nSPS) is 11.6. The molecular formula is C23H24N2O3S2. The van der Waals surface area contributed by atoms with Crippen LogP contribution in [0.3, 0.4) is 0 Å². The van der Waals surface area contributed by atoms with Gasteiger partial charge < -0.3 is 5.32 Å². The summed E-state index contributed by atoms with van der Waals surface area (Å²) >= 11 is 1.54. The summed E-state index contributed by atoms with van der Waals surface area (Å²) in [5.74, 6) is -0.375. The molecule has 156 valence electrons. The lowest BCUT2D eigenvalue weighted by Crippen LogP contribution is -2.40. The first-order valence-electron chi connectivity index (χ1n) is 9.41. The minimum atomic E-state index is -3.76. The first kappa shape index (κ1) is 22.1. The highest BCUT2D eigenvalue weighted by Crippen LogP contribution is 2.22. The van der Waals surface area contributed by atoms with Crippen molar-refractivity contribution in [1.29, 1.82) is 0 Å². The van der Waals surface area contributed by atoms with E-state index in [0.717, 1.165) is 20.3 Å². The first-order valence-corrected chi connectivity index (χ1v) is 12.1. The zero-order chi connectivity index (χ0) is 21.6. The summed E-state index contributed by atoms with van der Waals surface area (Å²) in [5, 5.41) is 2.97. The van der Waals surface area contributed by atoms with Crippen molar-refractivity contribution in [3.8, 4) is 0 Å². The Morgan fingerprint density at radius 2 is 1.40 bits per heavy atom. The second kappa shape index (κ2) is 9.93. The molecule has 7 heteroatoms. The van der Waals surface area contributed by atoms with Gasteiger partial charge in [0.1, 0.15) is 0 Å². The molecule has 0 aliphatic heterocycles. The van der Waals surface area contributed by atoms with Crippen LogP contribution in [0.1, 0.15) is 17.2 Å². The van der Waals surface area contributed by atoms with E-state index < -0.39 is 10.0 Å². The fraction of sp³-hybridized carbons (Fsp3) is 0.174. The van der Waals surface area contributed by atoms with Gasteiger partial charge in [-0.3, -0.25) is 4.79 Å². The van der Waals surface area contributed by atoms with Gasteiger partial charge in [0, 0.05) is 11.9 Å². The van der Waals surface area contributed by atoms with Crippen molar-refractivity contribution in [2.75, 3.05) is 19.8 Å². The number of rotatable bonds is 8. The summed E-state index contributed by atoms with van der Waals surface area (Å²) in [5.41, 5.74) is 1.85.